The molecule has 1 spiro atoms. The minimum atomic E-state index is -4.50. The summed E-state index contributed by atoms with van der Waals surface area (Å²) in [6.45, 7) is 9.38. The zero-order chi connectivity index (χ0) is 69.6. The monoisotopic (exact) mass is 1330 g/mol. The molecule has 22 nitrogen and oxygen atoms in total. The molecule has 0 aromatic carbocycles. The van der Waals surface area contributed by atoms with Crippen LogP contribution < -0.4 is 16.0 Å². The maximum Gasteiger partial charge on any atom is 0.393 e. The van der Waals surface area contributed by atoms with Crippen molar-refractivity contribution in [3.8, 4) is 12.3 Å². The van der Waals surface area contributed by atoms with Crippen molar-refractivity contribution < 1.29 is 65.9 Å². The molecule has 5 fully saturated rings. The number of fused-ring (bicyclic) bond motifs is 1. The fourth-order valence-electron chi connectivity index (χ4n) is 14.4. The van der Waals surface area contributed by atoms with Crippen LogP contribution in [0.1, 0.15) is 176 Å². The van der Waals surface area contributed by atoms with Gasteiger partial charge in [0.2, 0.25) is 65.0 Å². The minimum Gasteiger partial charge on any atom is -0.343 e. The van der Waals surface area contributed by atoms with E-state index in [0.717, 1.165) is 46.8 Å². The van der Waals surface area contributed by atoms with E-state index in [1.165, 1.54) is 73.8 Å². The van der Waals surface area contributed by atoms with Crippen LogP contribution >= 0.6 is 11.6 Å². The largest absolute Gasteiger partial charge is 0.393 e. The third kappa shape index (κ3) is 20.2. The third-order valence-electron chi connectivity index (χ3n) is 20.5. The summed E-state index contributed by atoms with van der Waals surface area (Å²) in [5, 5.41) is 7.53. The Hall–Kier alpha value is -6.19. The number of nitrogens with one attached hydrogen (secondary N) is 3. The Labute approximate surface area is 554 Å². The maximum absolute atomic E-state index is 15.2. The van der Waals surface area contributed by atoms with Gasteiger partial charge in [0.1, 0.15) is 41.8 Å². The zero-order valence-electron chi connectivity index (χ0n) is 57.4. The fraction of sp³-hybridized carbons (Fsp3) is 0.806. The number of likely N-dealkylation sites (N-methyl/N-ethyl adjacent to an activating group) is 7. The normalized spacial score (nSPS) is 29.3. The Morgan fingerprint density at radius 1 is 0.634 bits per heavy atom. The summed E-state index contributed by atoms with van der Waals surface area (Å²) in [7, 11) is 10.1. The van der Waals surface area contributed by atoms with Crippen molar-refractivity contribution in [1.82, 2.24) is 55.1 Å². The van der Waals surface area contributed by atoms with Crippen molar-refractivity contribution in [3.05, 3.63) is 0 Å². The van der Waals surface area contributed by atoms with Gasteiger partial charge < -0.3 is 55.1 Å². The number of halogens is 4. The van der Waals surface area contributed by atoms with Crippen LogP contribution in [-0.4, -0.2) is 239 Å². The maximum atomic E-state index is 15.2. The minimum absolute atomic E-state index is 0.00732. The van der Waals surface area contributed by atoms with Crippen LogP contribution in [0.25, 0.3) is 0 Å². The van der Waals surface area contributed by atoms with Gasteiger partial charge in [0.15, 0.2) is 0 Å². The molecule has 3 unspecified atom stereocenters. The van der Waals surface area contributed by atoms with Crippen LogP contribution in [0.2, 0.25) is 0 Å². The van der Waals surface area contributed by atoms with Crippen LogP contribution in [0, 0.1) is 47.9 Å². The lowest BCUT2D eigenvalue weighted by molar-refractivity contribution is -0.182. The molecule has 2 heterocycles. The predicted molar refractivity (Wildman–Crippen MR) is 346 cm³/mol. The number of carbonyl (C=O) groups excluding carboxylic acids is 11. The van der Waals surface area contributed by atoms with Crippen LogP contribution in [0.15, 0.2) is 0 Å². The van der Waals surface area contributed by atoms with Crippen molar-refractivity contribution in [3.63, 3.8) is 0 Å². The molecule has 3 saturated carbocycles. The molecule has 0 aromatic rings. The molecule has 2 aliphatic heterocycles. The third-order valence-corrected chi connectivity index (χ3v) is 21.0. The number of hydrogen-bond donors (Lipinski definition) is 3. The van der Waals surface area contributed by atoms with Gasteiger partial charge >= 0.3 is 6.18 Å². The molecular weight excluding hydrogens is 1230 g/mol. The van der Waals surface area contributed by atoms with Gasteiger partial charge in [-0.25, -0.2) is 0 Å². The Kier molecular flexibility index (Phi) is 28.7. The molecule has 11 amide bonds. The average Bonchev–Trinajstić information content (AvgIpc) is 1.75. The van der Waals surface area contributed by atoms with Crippen LogP contribution in [-0.2, 0) is 52.7 Å². The van der Waals surface area contributed by atoms with E-state index in [4.69, 9.17) is 18.0 Å². The topological polar surface area (TPSA) is 250 Å². The number of nitrogens with zero attached hydrogens (tertiary/aromatic N) is 8. The van der Waals surface area contributed by atoms with E-state index in [1.807, 2.05) is 20.8 Å². The predicted octanol–water partition coefficient (Wildman–Crippen LogP) is 5.57. The van der Waals surface area contributed by atoms with Gasteiger partial charge in [0, 0.05) is 74.1 Å². The van der Waals surface area contributed by atoms with Crippen LogP contribution in [0.5, 0.6) is 0 Å². The first-order valence-corrected chi connectivity index (χ1v) is 34.2. The van der Waals surface area contributed by atoms with Crippen molar-refractivity contribution in [2.24, 2.45) is 35.5 Å². The van der Waals surface area contributed by atoms with Gasteiger partial charge in [0.25, 0.3) is 0 Å². The zero-order valence-corrected chi connectivity index (χ0v) is 58.2. The lowest BCUT2D eigenvalue weighted by Gasteiger charge is -2.41. The molecule has 3 aliphatic carbocycles. The molecule has 26 heteroatoms. The molecule has 0 bridgehead atoms. The number of amides is 11. The van der Waals surface area contributed by atoms with Gasteiger partial charge in [-0.2, -0.15) is 13.2 Å². The molecule has 3 N–H and O–H groups in total. The fourth-order valence-corrected chi connectivity index (χ4v) is 14.9. The van der Waals surface area contributed by atoms with E-state index in [2.05, 4.69) is 21.9 Å². The number of terminal acetylenes is 1. The van der Waals surface area contributed by atoms with Crippen LogP contribution in [0.3, 0.4) is 0 Å². The van der Waals surface area contributed by atoms with Crippen LogP contribution in [0.4, 0.5) is 13.2 Å². The highest BCUT2D eigenvalue weighted by molar-refractivity contribution is 6.20. The second-order valence-corrected chi connectivity index (χ2v) is 28.8. The Morgan fingerprint density at radius 2 is 1.25 bits per heavy atom. The summed E-state index contributed by atoms with van der Waals surface area (Å²) in [6, 6.07) is -7.87. The summed E-state index contributed by atoms with van der Waals surface area (Å²) in [4.78, 5) is 171. The van der Waals surface area contributed by atoms with E-state index >= 15 is 9.59 Å². The number of rotatable bonds is 11. The summed E-state index contributed by atoms with van der Waals surface area (Å²) in [6.07, 6.45) is 8.38. The average molecular weight is 1340 g/mol. The van der Waals surface area contributed by atoms with E-state index in [-0.39, 0.29) is 101 Å². The molecule has 524 valence electrons. The van der Waals surface area contributed by atoms with Gasteiger partial charge in [-0.15, -0.1) is 23.9 Å². The highest BCUT2D eigenvalue weighted by atomic mass is 35.5. The van der Waals surface area contributed by atoms with Gasteiger partial charge in [-0.1, -0.05) is 92.9 Å². The van der Waals surface area contributed by atoms with Gasteiger partial charge in [-0.3, -0.25) is 52.7 Å². The first kappa shape index (κ1) is 77.5. The molecule has 0 radical (unpaired) electrons. The van der Waals surface area contributed by atoms with Crippen molar-refractivity contribution in [1.29, 1.82) is 0 Å². The van der Waals surface area contributed by atoms with Gasteiger partial charge in [0.05, 0.1) is 31.6 Å². The molecular formula is C67H107ClF3N11O11. The lowest BCUT2D eigenvalue weighted by atomic mass is 9.78. The SMILES string of the molecule is C#CC[C@@H]1CC(=O)N(C)[C@@H](CC(C)C)C(=O)N[C@@H]([C@@H](C)CC)C(=O)N(C)CC(=O)N(C)CC(=O)N(C)[C@@H](CC2CCCCC2)C(=O)N(C)CC(=O)N[C@@H](CCC2CCC(C(F)(F)F)C(Cl)C2)C(=O)N2CCC[C@H]2C(=O)NC2(CCCC2)C(=O)N(C)[C@@H](C(C)C)C(=O)N1C. The second kappa shape index (κ2) is 34.5. The number of hydrogen-bond acceptors (Lipinski definition) is 11. The second-order valence-electron chi connectivity index (χ2n) is 28.2. The van der Waals surface area contributed by atoms with E-state index in [1.54, 1.807) is 20.8 Å². The molecule has 2 saturated heterocycles. The van der Waals surface area contributed by atoms with E-state index in [0.29, 0.717) is 25.7 Å². The first-order chi connectivity index (χ1) is 43.6. The lowest BCUT2D eigenvalue weighted by Crippen LogP contribution is -2.64. The van der Waals surface area contributed by atoms with Crippen molar-refractivity contribution in [2.45, 2.75) is 236 Å². The molecule has 93 heavy (non-hydrogen) atoms. The highest BCUT2D eigenvalue weighted by Gasteiger charge is 2.51. The van der Waals surface area contributed by atoms with E-state index in [9.17, 15) is 56.3 Å². The highest BCUT2D eigenvalue weighted by Crippen LogP contribution is 2.44. The summed E-state index contributed by atoms with van der Waals surface area (Å²) in [5.74, 6) is -7.28. The standard InChI is InChI=1S/C67H107ClF3N11O11/c1-15-23-46-37-54(84)79(12)51(34-41(3)4)59(87)73-57(43(7)16-2)63(91)77(10)39-55(85)75(8)40-56(86)80(13)52(36-44-24-18-17-19-25-44)62(90)76(9)38-53(83)72-49(30-28-45-27-29-47(48(68)35-45)67(69,70)71)61(89)82-33-22-26-50(82)60(88)74-66(31-20-21-32-66)65(93)81(14)58(42(5)6)64(92)78(46)11/h1,41-52,57-58H,16-40H2,2-14H3,(H,72,83)(H,73,87)(H,74,88)/t43-,45?,46+,47?,48?,49-,50-,51-,52-,57-,58-/m0/s1. The first-order valence-electron chi connectivity index (χ1n) is 33.7. The molecule has 0 aromatic heterocycles. The Balaban J connectivity index is 1.56. The molecule has 5 aliphatic rings. The summed E-state index contributed by atoms with van der Waals surface area (Å²) >= 11 is 6.37. The van der Waals surface area contributed by atoms with E-state index < -0.39 is 162 Å². The quantitative estimate of drug-likeness (QED) is 0.170. The number of carbonyl (C=O) groups is 11. The Bertz CT molecular complexity index is 2700. The number of alkyl halides is 4. The van der Waals surface area contributed by atoms with Crippen molar-refractivity contribution >= 4 is 76.6 Å². The van der Waals surface area contributed by atoms with Crippen molar-refractivity contribution in [2.75, 3.05) is 75.5 Å². The Morgan fingerprint density at radius 3 is 1.83 bits per heavy atom. The smallest absolute Gasteiger partial charge is 0.343 e. The summed E-state index contributed by atoms with van der Waals surface area (Å²) in [5.41, 5.74) is -1.51. The summed E-state index contributed by atoms with van der Waals surface area (Å²) < 4.78 is 41.8. The molecule has 5 rings (SSSR count). The molecule has 11 atom stereocenters. The van der Waals surface area contributed by atoms with Gasteiger partial charge in [-0.05, 0) is 100 Å².